The van der Waals surface area contributed by atoms with Gasteiger partial charge in [0.05, 0.1) is 5.92 Å². The third-order valence-corrected chi connectivity index (χ3v) is 4.65. The van der Waals surface area contributed by atoms with Crippen molar-refractivity contribution in [3.8, 4) is 0 Å². The summed E-state index contributed by atoms with van der Waals surface area (Å²) in [5, 5.41) is 0. The third kappa shape index (κ3) is 38.7. The first-order valence-electron chi connectivity index (χ1n) is 12.0. The summed E-state index contributed by atoms with van der Waals surface area (Å²) in [6.45, 7) is 20.1. The van der Waals surface area contributed by atoms with E-state index in [-0.39, 0.29) is 26.7 Å². The standard InChI is InChI=1S/C7H12F2.C5H9F3.C5H12.C4H7F3.C4H10.CH4/c1-6-2-4-7(8,9)5-3-6;1-3-4(2)5(6,7)8;1-4-5(2)3;1-3(2)4(5,6)7;1-4(2)3;/h6H,2-5H2,1H3;4H,3H2,1-2H3;5H,4H2,1-3H3;3H,1-2H3;4H,1-3H3;1H4. The first-order chi connectivity index (χ1) is 14.5. The molecule has 0 N–H and O–H groups in total. The average molecular weight is 519 g/mol. The van der Waals surface area contributed by atoms with Crippen LogP contribution in [0.25, 0.3) is 0 Å². The highest BCUT2D eigenvalue weighted by Gasteiger charge is 2.34. The lowest BCUT2D eigenvalue weighted by atomic mass is 9.88. The van der Waals surface area contributed by atoms with Gasteiger partial charge in [-0.2, -0.15) is 26.3 Å². The van der Waals surface area contributed by atoms with Crippen molar-refractivity contribution in [1.29, 1.82) is 0 Å². The van der Waals surface area contributed by atoms with Gasteiger partial charge < -0.3 is 0 Å². The number of halogens is 8. The van der Waals surface area contributed by atoms with Gasteiger partial charge in [0.2, 0.25) is 5.92 Å². The zero-order chi connectivity index (χ0) is 27.6. The first-order valence-corrected chi connectivity index (χ1v) is 12.0. The molecule has 0 aliphatic heterocycles. The van der Waals surface area contributed by atoms with Crippen LogP contribution in [0.3, 0.4) is 0 Å². The summed E-state index contributed by atoms with van der Waals surface area (Å²) in [6.07, 6.45) is -4.90. The van der Waals surface area contributed by atoms with Crippen molar-refractivity contribution < 1.29 is 35.1 Å². The highest BCUT2D eigenvalue weighted by molar-refractivity contribution is 4.74. The molecule has 0 spiro atoms. The monoisotopic (exact) mass is 518 g/mol. The fraction of sp³-hybridized carbons (Fsp3) is 1.00. The summed E-state index contributed by atoms with van der Waals surface area (Å²) >= 11 is 0. The van der Waals surface area contributed by atoms with E-state index in [9.17, 15) is 35.1 Å². The summed E-state index contributed by atoms with van der Waals surface area (Å²) < 4.78 is 92.6. The van der Waals surface area contributed by atoms with Crippen LogP contribution in [0.4, 0.5) is 35.1 Å². The molecular weight excluding hydrogens is 464 g/mol. The van der Waals surface area contributed by atoms with E-state index in [0.717, 1.165) is 25.7 Å². The molecule has 0 saturated heterocycles. The third-order valence-electron chi connectivity index (χ3n) is 4.65. The molecule has 214 valence electrons. The lowest BCUT2D eigenvalue weighted by Crippen LogP contribution is -2.23. The van der Waals surface area contributed by atoms with Crippen molar-refractivity contribution in [1.82, 2.24) is 0 Å². The maximum Gasteiger partial charge on any atom is 0.391 e. The average Bonchev–Trinajstić information content (AvgIpc) is 2.63. The van der Waals surface area contributed by atoms with Crippen LogP contribution in [-0.2, 0) is 0 Å². The van der Waals surface area contributed by atoms with Gasteiger partial charge in [0.1, 0.15) is 0 Å². The van der Waals surface area contributed by atoms with Gasteiger partial charge in [0.15, 0.2) is 0 Å². The Balaban J connectivity index is -0.000000105. The van der Waals surface area contributed by atoms with Gasteiger partial charge in [0.25, 0.3) is 0 Å². The van der Waals surface area contributed by atoms with Crippen molar-refractivity contribution in [3.63, 3.8) is 0 Å². The predicted molar refractivity (Wildman–Crippen MR) is 131 cm³/mol. The van der Waals surface area contributed by atoms with Gasteiger partial charge >= 0.3 is 12.4 Å². The molecule has 34 heavy (non-hydrogen) atoms. The van der Waals surface area contributed by atoms with E-state index in [1.807, 2.05) is 6.92 Å². The number of hydrogen-bond acceptors (Lipinski definition) is 0. The minimum absolute atomic E-state index is 0. The second-order valence-electron chi connectivity index (χ2n) is 10.1. The molecular formula is C26H54F8. The summed E-state index contributed by atoms with van der Waals surface area (Å²) in [5.41, 5.74) is 0. The minimum atomic E-state index is -4.00. The van der Waals surface area contributed by atoms with Crippen LogP contribution in [0.2, 0.25) is 0 Å². The van der Waals surface area contributed by atoms with Gasteiger partial charge in [-0.25, -0.2) is 8.78 Å². The largest absolute Gasteiger partial charge is 0.391 e. The molecule has 0 aromatic carbocycles. The van der Waals surface area contributed by atoms with Crippen molar-refractivity contribution in [2.45, 2.75) is 140 Å². The molecule has 1 aliphatic carbocycles. The highest BCUT2D eigenvalue weighted by Crippen LogP contribution is 2.35. The van der Waals surface area contributed by atoms with E-state index in [0.29, 0.717) is 18.8 Å². The molecule has 0 radical (unpaired) electrons. The molecule has 0 heterocycles. The molecule has 0 amide bonds. The second-order valence-corrected chi connectivity index (χ2v) is 10.1. The van der Waals surface area contributed by atoms with Crippen LogP contribution in [0.15, 0.2) is 0 Å². The second kappa shape index (κ2) is 21.7. The molecule has 1 atom stereocenters. The maximum absolute atomic E-state index is 12.4. The maximum atomic E-state index is 12.4. The Morgan fingerprint density at radius 1 is 0.706 bits per heavy atom. The molecule has 1 rings (SSSR count). The van der Waals surface area contributed by atoms with Crippen LogP contribution in [-0.4, -0.2) is 18.3 Å². The van der Waals surface area contributed by atoms with Crippen molar-refractivity contribution >= 4 is 0 Å². The van der Waals surface area contributed by atoms with Crippen LogP contribution in [0, 0.1) is 29.6 Å². The summed E-state index contributed by atoms with van der Waals surface area (Å²) in [7, 11) is 0. The minimum Gasteiger partial charge on any atom is -0.207 e. The molecule has 1 aliphatic rings. The lowest BCUT2D eigenvalue weighted by molar-refractivity contribution is -0.170. The van der Waals surface area contributed by atoms with Crippen LogP contribution in [0.1, 0.15) is 122 Å². The summed E-state index contributed by atoms with van der Waals surface area (Å²) in [5.74, 6) is -2.46. The van der Waals surface area contributed by atoms with Crippen LogP contribution < -0.4 is 0 Å². The SMILES string of the molecule is C.CC(C)C.CC(C)C(F)(F)F.CC1CCC(F)(F)CC1.CCC(C)C.CCC(C)C(F)(F)F. The van der Waals surface area contributed by atoms with Gasteiger partial charge in [-0.05, 0) is 37.0 Å². The Kier molecular flexibility index (Phi) is 27.8. The molecule has 1 fully saturated rings. The van der Waals surface area contributed by atoms with E-state index in [1.165, 1.54) is 20.3 Å². The van der Waals surface area contributed by atoms with Gasteiger partial charge in [-0.1, -0.05) is 90.0 Å². The normalized spacial score (nSPS) is 16.4. The molecule has 1 saturated carbocycles. The molecule has 0 aromatic rings. The zero-order valence-electron chi connectivity index (χ0n) is 22.7. The quantitative estimate of drug-likeness (QED) is 0.319. The smallest absolute Gasteiger partial charge is 0.207 e. The number of rotatable bonds is 2. The van der Waals surface area contributed by atoms with Gasteiger partial charge in [-0.3, -0.25) is 0 Å². The Labute approximate surface area is 205 Å². The van der Waals surface area contributed by atoms with Crippen LogP contribution >= 0.6 is 0 Å². The topological polar surface area (TPSA) is 0 Å². The van der Waals surface area contributed by atoms with Crippen molar-refractivity contribution in [2.24, 2.45) is 29.6 Å². The fourth-order valence-electron chi connectivity index (χ4n) is 1.42. The summed E-state index contributed by atoms with van der Waals surface area (Å²) in [6, 6.07) is 0. The zero-order valence-corrected chi connectivity index (χ0v) is 22.7. The molecule has 8 heteroatoms. The first kappa shape index (κ1) is 43.5. The predicted octanol–water partition coefficient (Wildman–Crippen LogP) is 12.0. The number of hydrogen-bond donors (Lipinski definition) is 0. The van der Waals surface area contributed by atoms with Crippen LogP contribution in [0.5, 0.6) is 0 Å². The lowest BCUT2D eigenvalue weighted by Gasteiger charge is -2.25. The van der Waals surface area contributed by atoms with E-state index >= 15 is 0 Å². The Morgan fingerprint density at radius 3 is 1.06 bits per heavy atom. The van der Waals surface area contributed by atoms with E-state index in [1.54, 1.807) is 0 Å². The van der Waals surface area contributed by atoms with Gasteiger partial charge in [-0.15, -0.1) is 0 Å². The molecule has 0 nitrogen and oxygen atoms in total. The molecule has 0 aromatic heterocycles. The van der Waals surface area contributed by atoms with E-state index < -0.39 is 30.1 Å². The fourth-order valence-corrected chi connectivity index (χ4v) is 1.42. The Hall–Kier alpha value is -0.560. The Bertz CT molecular complexity index is 397. The van der Waals surface area contributed by atoms with Crippen molar-refractivity contribution in [2.75, 3.05) is 0 Å². The number of alkyl halides is 8. The Morgan fingerprint density at radius 2 is 0.971 bits per heavy atom. The highest BCUT2D eigenvalue weighted by atomic mass is 19.4. The van der Waals surface area contributed by atoms with E-state index in [2.05, 4.69) is 41.5 Å². The molecule has 1 unspecified atom stereocenters. The summed E-state index contributed by atoms with van der Waals surface area (Å²) in [4.78, 5) is 0. The van der Waals surface area contributed by atoms with Gasteiger partial charge in [0, 0.05) is 18.8 Å². The van der Waals surface area contributed by atoms with E-state index in [4.69, 9.17) is 0 Å². The van der Waals surface area contributed by atoms with Crippen molar-refractivity contribution in [3.05, 3.63) is 0 Å². The molecule has 0 bridgehead atoms.